The fourth-order valence-corrected chi connectivity index (χ4v) is 3.07. The third-order valence-corrected chi connectivity index (χ3v) is 4.35. The number of aliphatic hydroxyl groups excluding tert-OH is 1. The second-order valence-electron chi connectivity index (χ2n) is 4.38. The lowest BCUT2D eigenvalue weighted by Gasteiger charge is -2.12. The topological polar surface area (TPSA) is 104 Å². The molecule has 21 heavy (non-hydrogen) atoms. The molecule has 0 unspecified atom stereocenters. The van der Waals surface area contributed by atoms with Crippen molar-refractivity contribution in [2.24, 2.45) is 0 Å². The second kappa shape index (κ2) is 6.15. The summed E-state index contributed by atoms with van der Waals surface area (Å²) in [6, 6.07) is 4.74. The maximum Gasteiger partial charge on any atom is 0.265 e. The Morgan fingerprint density at radius 1 is 1.43 bits per heavy atom. The first kappa shape index (κ1) is 15.3. The van der Waals surface area contributed by atoms with Crippen LogP contribution >= 0.6 is 0 Å². The highest BCUT2D eigenvalue weighted by Crippen LogP contribution is 2.25. The number of ether oxygens (including phenoxy) is 1. The van der Waals surface area contributed by atoms with Gasteiger partial charge in [0, 0.05) is 11.3 Å². The molecule has 0 amide bonds. The summed E-state index contributed by atoms with van der Waals surface area (Å²) in [5.74, 6) is 0.530. The number of aromatic nitrogens is 2. The number of sulfonamides is 1. The zero-order valence-corrected chi connectivity index (χ0v) is 12.6. The standard InChI is InChI=1S/C13H17N3O4S/c1-3-20-12-5-4-11(6-10(12)8-17)16-21(18,19)13-7-14-15-9(13)2/h4-7,16-17H,3,8H2,1-2H3,(H,14,15). The molecule has 1 aromatic heterocycles. The van der Waals surface area contributed by atoms with E-state index in [1.54, 1.807) is 19.1 Å². The lowest BCUT2D eigenvalue weighted by Crippen LogP contribution is -2.13. The highest BCUT2D eigenvalue weighted by atomic mass is 32.2. The number of aromatic amines is 1. The van der Waals surface area contributed by atoms with Gasteiger partial charge in [-0.15, -0.1) is 0 Å². The number of anilines is 1. The molecule has 0 spiro atoms. The predicted octanol–water partition coefficient (Wildman–Crippen LogP) is 1.41. The third kappa shape index (κ3) is 3.34. The van der Waals surface area contributed by atoms with Crippen LogP contribution in [0.25, 0.3) is 0 Å². The molecule has 7 nitrogen and oxygen atoms in total. The number of hydrogen-bond acceptors (Lipinski definition) is 5. The van der Waals surface area contributed by atoms with Crippen molar-refractivity contribution in [2.45, 2.75) is 25.3 Å². The van der Waals surface area contributed by atoms with Gasteiger partial charge in [-0.3, -0.25) is 9.82 Å². The molecular weight excluding hydrogens is 294 g/mol. The highest BCUT2D eigenvalue weighted by Gasteiger charge is 2.19. The van der Waals surface area contributed by atoms with Crippen molar-refractivity contribution in [1.29, 1.82) is 0 Å². The van der Waals surface area contributed by atoms with E-state index in [2.05, 4.69) is 14.9 Å². The van der Waals surface area contributed by atoms with Gasteiger partial charge in [0.1, 0.15) is 10.6 Å². The summed E-state index contributed by atoms with van der Waals surface area (Å²) in [4.78, 5) is 0.0851. The van der Waals surface area contributed by atoms with Crippen molar-refractivity contribution < 1.29 is 18.3 Å². The number of nitrogens with zero attached hydrogens (tertiary/aromatic N) is 1. The molecule has 0 aliphatic carbocycles. The van der Waals surface area contributed by atoms with E-state index in [9.17, 15) is 13.5 Å². The van der Waals surface area contributed by atoms with Gasteiger partial charge in [0.25, 0.3) is 10.0 Å². The minimum atomic E-state index is -3.72. The van der Waals surface area contributed by atoms with Crippen molar-refractivity contribution in [1.82, 2.24) is 10.2 Å². The fourth-order valence-electron chi connectivity index (χ4n) is 1.88. The maximum atomic E-state index is 12.2. The van der Waals surface area contributed by atoms with E-state index in [0.29, 0.717) is 29.3 Å². The highest BCUT2D eigenvalue weighted by molar-refractivity contribution is 7.92. The van der Waals surface area contributed by atoms with E-state index in [0.717, 1.165) is 0 Å². The lowest BCUT2D eigenvalue weighted by atomic mass is 10.2. The average molecular weight is 311 g/mol. The number of aryl methyl sites for hydroxylation is 1. The number of H-pyrrole nitrogens is 1. The molecule has 2 aromatic rings. The van der Waals surface area contributed by atoms with E-state index in [4.69, 9.17) is 4.74 Å². The normalized spacial score (nSPS) is 11.4. The molecule has 0 bridgehead atoms. The van der Waals surface area contributed by atoms with E-state index < -0.39 is 10.0 Å². The van der Waals surface area contributed by atoms with Gasteiger partial charge in [0.2, 0.25) is 0 Å². The van der Waals surface area contributed by atoms with Gasteiger partial charge in [-0.2, -0.15) is 5.10 Å². The number of benzene rings is 1. The summed E-state index contributed by atoms with van der Waals surface area (Å²) in [6.07, 6.45) is 1.25. The molecule has 1 heterocycles. The van der Waals surface area contributed by atoms with E-state index in [1.807, 2.05) is 6.92 Å². The Kier molecular flexibility index (Phi) is 4.49. The van der Waals surface area contributed by atoms with Crippen LogP contribution in [0.5, 0.6) is 5.75 Å². The minimum absolute atomic E-state index is 0.0851. The van der Waals surface area contributed by atoms with E-state index in [1.165, 1.54) is 12.3 Å². The van der Waals surface area contributed by atoms with Gasteiger partial charge in [-0.1, -0.05) is 0 Å². The SMILES string of the molecule is CCOc1ccc(NS(=O)(=O)c2cn[nH]c2C)cc1CO. The quantitative estimate of drug-likeness (QED) is 0.748. The van der Waals surface area contributed by atoms with Gasteiger partial charge in [0.05, 0.1) is 25.1 Å². The Morgan fingerprint density at radius 2 is 2.19 bits per heavy atom. The van der Waals surface area contributed by atoms with Crippen LogP contribution in [0.15, 0.2) is 29.3 Å². The Bertz CT molecular complexity index is 725. The zero-order chi connectivity index (χ0) is 15.5. The van der Waals surface area contributed by atoms with Crippen molar-refractivity contribution in [3.63, 3.8) is 0 Å². The monoisotopic (exact) mass is 311 g/mol. The van der Waals surface area contributed by atoms with Crippen molar-refractivity contribution >= 4 is 15.7 Å². The average Bonchev–Trinajstić information content (AvgIpc) is 2.87. The summed E-state index contributed by atoms with van der Waals surface area (Å²) in [5.41, 5.74) is 1.32. The molecule has 0 atom stereocenters. The maximum absolute atomic E-state index is 12.2. The van der Waals surface area contributed by atoms with Crippen LogP contribution in [-0.2, 0) is 16.6 Å². The molecule has 2 rings (SSSR count). The molecule has 0 fully saturated rings. The first-order chi connectivity index (χ1) is 9.97. The molecule has 8 heteroatoms. The van der Waals surface area contributed by atoms with Crippen LogP contribution in [0.1, 0.15) is 18.2 Å². The van der Waals surface area contributed by atoms with Crippen LogP contribution in [0, 0.1) is 6.92 Å². The van der Waals surface area contributed by atoms with Gasteiger partial charge >= 0.3 is 0 Å². The molecule has 3 N–H and O–H groups in total. The lowest BCUT2D eigenvalue weighted by molar-refractivity contribution is 0.267. The third-order valence-electron chi connectivity index (χ3n) is 2.86. The molecule has 114 valence electrons. The number of aliphatic hydroxyl groups is 1. The largest absolute Gasteiger partial charge is 0.494 e. The van der Waals surface area contributed by atoms with Gasteiger partial charge in [-0.05, 0) is 32.0 Å². The number of hydrogen-bond donors (Lipinski definition) is 3. The second-order valence-corrected chi connectivity index (χ2v) is 6.03. The molecule has 0 radical (unpaired) electrons. The summed E-state index contributed by atoms with van der Waals surface area (Å²) in [5, 5.41) is 15.6. The molecule has 0 saturated heterocycles. The molecular formula is C13H17N3O4S. The fraction of sp³-hybridized carbons (Fsp3) is 0.308. The Hall–Kier alpha value is -2.06. The summed E-state index contributed by atoms with van der Waals surface area (Å²) >= 11 is 0. The molecule has 1 aromatic carbocycles. The van der Waals surface area contributed by atoms with Crippen LogP contribution in [-0.4, -0.2) is 30.3 Å². The summed E-state index contributed by atoms with van der Waals surface area (Å²) < 4.78 is 32.3. The molecule has 0 aliphatic rings. The predicted molar refractivity (Wildman–Crippen MR) is 77.7 cm³/mol. The minimum Gasteiger partial charge on any atom is -0.494 e. The number of rotatable bonds is 6. The first-order valence-electron chi connectivity index (χ1n) is 6.37. The van der Waals surface area contributed by atoms with Gasteiger partial charge in [-0.25, -0.2) is 8.42 Å². The Morgan fingerprint density at radius 3 is 2.76 bits per heavy atom. The Balaban J connectivity index is 2.30. The van der Waals surface area contributed by atoms with Gasteiger partial charge < -0.3 is 9.84 Å². The summed E-state index contributed by atoms with van der Waals surface area (Å²) in [7, 11) is -3.72. The van der Waals surface area contributed by atoms with Crippen molar-refractivity contribution in [2.75, 3.05) is 11.3 Å². The van der Waals surface area contributed by atoms with E-state index in [-0.39, 0.29) is 11.5 Å². The number of nitrogens with one attached hydrogen (secondary N) is 2. The van der Waals surface area contributed by atoms with Crippen molar-refractivity contribution in [3.05, 3.63) is 35.7 Å². The summed E-state index contributed by atoms with van der Waals surface area (Å²) in [6.45, 7) is 3.68. The molecule has 0 saturated carbocycles. The van der Waals surface area contributed by atoms with Crippen molar-refractivity contribution in [3.8, 4) is 5.75 Å². The zero-order valence-electron chi connectivity index (χ0n) is 11.8. The smallest absolute Gasteiger partial charge is 0.265 e. The van der Waals surface area contributed by atoms with Crippen LogP contribution in [0.3, 0.4) is 0 Å². The first-order valence-corrected chi connectivity index (χ1v) is 7.85. The molecule has 0 aliphatic heterocycles. The van der Waals surface area contributed by atoms with Crippen LogP contribution in [0.2, 0.25) is 0 Å². The van der Waals surface area contributed by atoms with Crippen LogP contribution < -0.4 is 9.46 Å². The van der Waals surface area contributed by atoms with E-state index >= 15 is 0 Å². The Labute approximate surface area is 123 Å². The van der Waals surface area contributed by atoms with Crippen LogP contribution in [0.4, 0.5) is 5.69 Å². The van der Waals surface area contributed by atoms with Gasteiger partial charge in [0.15, 0.2) is 0 Å².